The summed E-state index contributed by atoms with van der Waals surface area (Å²) in [4.78, 5) is 10.7. The third kappa shape index (κ3) is 2.84. The summed E-state index contributed by atoms with van der Waals surface area (Å²) in [7, 11) is -1.25. The predicted molar refractivity (Wildman–Crippen MR) is 60.7 cm³/mol. The summed E-state index contributed by atoms with van der Waals surface area (Å²) >= 11 is 0. The van der Waals surface area contributed by atoms with Crippen LogP contribution in [0.15, 0.2) is 23.4 Å². The van der Waals surface area contributed by atoms with E-state index in [1.807, 2.05) is 0 Å². The molecule has 1 aliphatic rings. The number of allylic oxidation sites excluding steroid dienone is 2. The van der Waals surface area contributed by atoms with Crippen LogP contribution in [0.1, 0.15) is 6.92 Å². The van der Waals surface area contributed by atoms with E-state index in [2.05, 4.69) is 37.9 Å². The van der Waals surface area contributed by atoms with Crippen LogP contribution in [0.3, 0.4) is 0 Å². The Labute approximate surface area is 86.7 Å². The van der Waals surface area contributed by atoms with Crippen LogP contribution in [0.25, 0.3) is 0 Å². The average Bonchev–Trinajstić information content (AvgIpc) is 2.46. The molecule has 0 saturated heterocycles. The zero-order valence-corrected chi connectivity index (χ0v) is 10.3. The largest absolute Gasteiger partial charge is 0.465 e. The maximum Gasteiger partial charge on any atom is 0.302 e. The Kier molecular flexibility index (Phi) is 3.32. The van der Waals surface area contributed by atoms with Gasteiger partial charge in [-0.2, -0.15) is 0 Å². The molecule has 2 nitrogen and oxygen atoms in total. The predicted octanol–water partition coefficient (Wildman–Crippen LogP) is 2.54. The van der Waals surface area contributed by atoms with Gasteiger partial charge in [-0.15, -0.1) is 0 Å². The van der Waals surface area contributed by atoms with E-state index in [-0.39, 0.29) is 5.97 Å². The number of esters is 1. The van der Waals surface area contributed by atoms with E-state index in [0.717, 1.165) is 0 Å². The summed E-state index contributed by atoms with van der Waals surface area (Å²) in [6.45, 7) is 8.89. The fraction of sp³-hybridized carbons (Fsp3) is 0.545. The zero-order chi connectivity index (χ0) is 10.8. The Hall–Kier alpha value is -0.833. The molecule has 0 aromatic rings. The second-order valence-corrected chi connectivity index (χ2v) is 9.74. The molecule has 0 saturated carbocycles. The Morgan fingerprint density at radius 2 is 2.14 bits per heavy atom. The number of hydrogen-bond acceptors (Lipinski definition) is 2. The third-order valence-electron chi connectivity index (χ3n) is 2.35. The molecule has 0 N–H and O–H groups in total. The van der Waals surface area contributed by atoms with E-state index in [9.17, 15) is 4.79 Å². The first-order valence-electron chi connectivity index (χ1n) is 4.93. The van der Waals surface area contributed by atoms with Crippen molar-refractivity contribution in [1.29, 1.82) is 0 Å². The van der Waals surface area contributed by atoms with E-state index < -0.39 is 8.07 Å². The van der Waals surface area contributed by atoms with Crippen molar-refractivity contribution in [2.24, 2.45) is 5.92 Å². The minimum atomic E-state index is -1.25. The first-order chi connectivity index (χ1) is 6.41. The van der Waals surface area contributed by atoms with Gasteiger partial charge >= 0.3 is 5.97 Å². The minimum Gasteiger partial charge on any atom is -0.465 e. The molecule has 0 heterocycles. The molecule has 0 aromatic carbocycles. The number of rotatable bonds is 3. The first kappa shape index (κ1) is 11.2. The molecule has 0 radical (unpaired) electrons. The lowest BCUT2D eigenvalue weighted by Crippen LogP contribution is -2.29. The highest BCUT2D eigenvalue weighted by Gasteiger charge is 2.27. The van der Waals surface area contributed by atoms with Crippen LogP contribution in [0.4, 0.5) is 0 Å². The molecule has 1 aliphatic carbocycles. The second-order valence-electron chi connectivity index (χ2n) is 4.67. The topological polar surface area (TPSA) is 26.3 Å². The Bertz CT molecular complexity index is 284. The Morgan fingerprint density at radius 1 is 1.50 bits per heavy atom. The minimum absolute atomic E-state index is 0.194. The molecule has 3 heteroatoms. The summed E-state index contributed by atoms with van der Waals surface area (Å²) in [5.74, 6) is 0.130. The zero-order valence-electron chi connectivity index (χ0n) is 9.33. The molecule has 14 heavy (non-hydrogen) atoms. The van der Waals surface area contributed by atoms with Gasteiger partial charge in [0.1, 0.15) is 6.61 Å². The van der Waals surface area contributed by atoms with Gasteiger partial charge in [-0.25, -0.2) is 0 Å². The Morgan fingerprint density at radius 3 is 2.64 bits per heavy atom. The maximum absolute atomic E-state index is 10.7. The summed E-state index contributed by atoms with van der Waals surface area (Å²) in [6, 6.07) is 0. The van der Waals surface area contributed by atoms with Crippen molar-refractivity contribution in [2.45, 2.75) is 26.6 Å². The lowest BCUT2D eigenvalue weighted by atomic mass is 10.2. The molecule has 0 bridgehead atoms. The van der Waals surface area contributed by atoms with Crippen molar-refractivity contribution in [1.82, 2.24) is 0 Å². The van der Waals surface area contributed by atoms with E-state index in [0.29, 0.717) is 12.5 Å². The van der Waals surface area contributed by atoms with Crippen molar-refractivity contribution in [2.75, 3.05) is 6.61 Å². The highest BCUT2D eigenvalue weighted by atomic mass is 28.3. The number of hydrogen-bond donors (Lipinski definition) is 0. The van der Waals surface area contributed by atoms with Crippen LogP contribution in [-0.2, 0) is 9.53 Å². The fourth-order valence-corrected chi connectivity index (χ4v) is 3.57. The molecule has 1 atom stereocenters. The number of carbonyl (C=O) groups is 1. The molecule has 0 amide bonds. The summed E-state index contributed by atoms with van der Waals surface area (Å²) in [5.41, 5.74) is 0. The highest BCUT2D eigenvalue weighted by Crippen LogP contribution is 2.28. The molecular weight excluding hydrogens is 192 g/mol. The first-order valence-corrected chi connectivity index (χ1v) is 8.43. The molecule has 0 aliphatic heterocycles. The monoisotopic (exact) mass is 210 g/mol. The smallest absolute Gasteiger partial charge is 0.302 e. The molecule has 0 spiro atoms. The van der Waals surface area contributed by atoms with Crippen LogP contribution >= 0.6 is 0 Å². The fourth-order valence-electron chi connectivity index (χ4n) is 1.68. The SMILES string of the molecule is CC(=O)OCC1C=CC=C1[Si](C)(C)C. The van der Waals surface area contributed by atoms with Gasteiger partial charge in [0.2, 0.25) is 0 Å². The number of ether oxygens (including phenoxy) is 1. The van der Waals surface area contributed by atoms with Crippen LogP contribution in [0.2, 0.25) is 19.6 Å². The standard InChI is InChI=1S/C11H18O2Si/c1-9(12)13-8-10-6-5-7-11(10)14(2,3)4/h5-7,10H,8H2,1-4H3. The van der Waals surface area contributed by atoms with Crippen molar-refractivity contribution >= 4 is 14.0 Å². The van der Waals surface area contributed by atoms with Crippen molar-refractivity contribution in [3.63, 3.8) is 0 Å². The molecule has 1 rings (SSSR count). The highest BCUT2D eigenvalue weighted by molar-refractivity contribution is 6.83. The van der Waals surface area contributed by atoms with Crippen LogP contribution in [0, 0.1) is 5.92 Å². The molecule has 1 unspecified atom stereocenters. The van der Waals surface area contributed by atoms with Crippen molar-refractivity contribution in [3.05, 3.63) is 23.4 Å². The molecule has 78 valence electrons. The van der Waals surface area contributed by atoms with Crippen molar-refractivity contribution < 1.29 is 9.53 Å². The van der Waals surface area contributed by atoms with Gasteiger partial charge in [0.05, 0.1) is 8.07 Å². The molecule has 0 fully saturated rings. The van der Waals surface area contributed by atoms with Crippen LogP contribution in [0.5, 0.6) is 0 Å². The van der Waals surface area contributed by atoms with Gasteiger partial charge in [-0.3, -0.25) is 4.79 Å². The molecule has 0 aromatic heterocycles. The lowest BCUT2D eigenvalue weighted by molar-refractivity contribution is -0.141. The van der Waals surface area contributed by atoms with Gasteiger partial charge in [0.15, 0.2) is 0 Å². The van der Waals surface area contributed by atoms with Gasteiger partial charge < -0.3 is 4.74 Å². The summed E-state index contributed by atoms with van der Waals surface area (Å²) in [6.07, 6.45) is 6.37. The summed E-state index contributed by atoms with van der Waals surface area (Å²) in [5, 5.41) is 1.47. The van der Waals surface area contributed by atoms with Gasteiger partial charge in [0, 0.05) is 12.8 Å². The van der Waals surface area contributed by atoms with Crippen LogP contribution < -0.4 is 0 Å². The van der Waals surface area contributed by atoms with E-state index in [1.54, 1.807) is 0 Å². The van der Waals surface area contributed by atoms with E-state index in [1.165, 1.54) is 12.1 Å². The average molecular weight is 210 g/mol. The number of carbonyl (C=O) groups excluding carboxylic acids is 1. The lowest BCUT2D eigenvalue weighted by Gasteiger charge is -2.24. The maximum atomic E-state index is 10.7. The van der Waals surface area contributed by atoms with E-state index in [4.69, 9.17) is 4.74 Å². The van der Waals surface area contributed by atoms with Gasteiger partial charge in [0.25, 0.3) is 0 Å². The normalized spacial score (nSPS) is 20.9. The van der Waals surface area contributed by atoms with Gasteiger partial charge in [-0.05, 0) is 0 Å². The third-order valence-corrected chi connectivity index (χ3v) is 4.62. The van der Waals surface area contributed by atoms with E-state index >= 15 is 0 Å². The quantitative estimate of drug-likeness (QED) is 0.528. The second kappa shape index (κ2) is 4.13. The Balaban J connectivity index is 2.59. The van der Waals surface area contributed by atoms with Gasteiger partial charge in [-0.1, -0.05) is 43.1 Å². The summed E-state index contributed by atoms with van der Waals surface area (Å²) < 4.78 is 5.04. The van der Waals surface area contributed by atoms with Crippen LogP contribution in [-0.4, -0.2) is 20.7 Å². The van der Waals surface area contributed by atoms with Crippen molar-refractivity contribution in [3.8, 4) is 0 Å². The molecular formula is C11H18O2Si.